The van der Waals surface area contributed by atoms with Crippen LogP contribution in [0.15, 0.2) is 29.2 Å². The van der Waals surface area contributed by atoms with E-state index in [9.17, 15) is 13.2 Å². The van der Waals surface area contributed by atoms with Crippen LogP contribution in [0.3, 0.4) is 0 Å². The molecule has 0 amide bonds. The van der Waals surface area contributed by atoms with Crippen LogP contribution in [0.25, 0.3) is 0 Å². The molecule has 7 heteroatoms. The lowest BCUT2D eigenvalue weighted by Crippen LogP contribution is -2.29. The van der Waals surface area contributed by atoms with Crippen molar-refractivity contribution in [3.8, 4) is 0 Å². The van der Waals surface area contributed by atoms with Gasteiger partial charge in [0, 0.05) is 13.2 Å². The predicted octanol–water partition coefficient (Wildman–Crippen LogP) is 1.62. The molecule has 1 atom stereocenters. The summed E-state index contributed by atoms with van der Waals surface area (Å²) in [5.41, 5.74) is -0.0477. The third-order valence-corrected chi connectivity index (χ3v) is 4.88. The number of aromatic carboxylic acids is 1. The van der Waals surface area contributed by atoms with Gasteiger partial charge < -0.3 is 9.84 Å². The van der Waals surface area contributed by atoms with Gasteiger partial charge in [0.1, 0.15) is 0 Å². The first-order valence-corrected chi connectivity index (χ1v) is 8.42. The van der Waals surface area contributed by atoms with E-state index in [0.29, 0.717) is 6.42 Å². The van der Waals surface area contributed by atoms with Gasteiger partial charge in [-0.05, 0) is 43.9 Å². The van der Waals surface area contributed by atoms with Gasteiger partial charge >= 0.3 is 5.97 Å². The van der Waals surface area contributed by atoms with E-state index < -0.39 is 16.0 Å². The van der Waals surface area contributed by atoms with Crippen LogP contribution >= 0.6 is 0 Å². The minimum atomic E-state index is -3.69. The summed E-state index contributed by atoms with van der Waals surface area (Å²) in [7, 11) is -3.69. The number of benzene rings is 1. The molecule has 0 aliphatic carbocycles. The van der Waals surface area contributed by atoms with Crippen molar-refractivity contribution in [2.45, 2.75) is 36.7 Å². The lowest BCUT2D eigenvalue weighted by atomic mass is 10.1. The largest absolute Gasteiger partial charge is 0.478 e. The molecule has 1 aromatic carbocycles. The molecule has 1 aliphatic rings. The van der Waals surface area contributed by atoms with Gasteiger partial charge in [0.25, 0.3) is 0 Å². The van der Waals surface area contributed by atoms with E-state index in [2.05, 4.69) is 4.72 Å². The Morgan fingerprint density at radius 1 is 1.38 bits per heavy atom. The molecule has 1 fully saturated rings. The number of carboxylic acid groups (broad SMARTS) is 1. The van der Waals surface area contributed by atoms with Crippen molar-refractivity contribution in [2.24, 2.45) is 0 Å². The molecule has 2 N–H and O–H groups in total. The minimum absolute atomic E-state index is 0.0352. The Labute approximate surface area is 124 Å². The molecular formula is C14H19NO5S. The Bertz CT molecular complexity index is 593. The van der Waals surface area contributed by atoms with Crippen LogP contribution in [0.5, 0.6) is 0 Å². The van der Waals surface area contributed by atoms with Crippen LogP contribution in [-0.4, -0.2) is 38.7 Å². The molecule has 0 bridgehead atoms. The van der Waals surface area contributed by atoms with Gasteiger partial charge in [-0.1, -0.05) is 6.07 Å². The Hall–Kier alpha value is -1.44. The first-order valence-electron chi connectivity index (χ1n) is 6.94. The number of carbonyl (C=O) groups is 1. The molecule has 0 spiro atoms. The maximum absolute atomic E-state index is 12.1. The highest BCUT2D eigenvalue weighted by atomic mass is 32.2. The quantitative estimate of drug-likeness (QED) is 0.832. The monoisotopic (exact) mass is 313 g/mol. The second-order valence-corrected chi connectivity index (χ2v) is 6.77. The second kappa shape index (κ2) is 7.02. The predicted molar refractivity (Wildman–Crippen MR) is 76.8 cm³/mol. The number of carboxylic acids is 1. The second-order valence-electron chi connectivity index (χ2n) is 5.01. The molecule has 0 aromatic heterocycles. The van der Waals surface area contributed by atoms with Gasteiger partial charge in [0.2, 0.25) is 10.0 Å². The fourth-order valence-electron chi connectivity index (χ4n) is 2.27. The van der Waals surface area contributed by atoms with Crippen molar-refractivity contribution in [3.05, 3.63) is 29.8 Å². The van der Waals surface area contributed by atoms with Crippen LogP contribution in [0.4, 0.5) is 0 Å². The summed E-state index contributed by atoms with van der Waals surface area (Å²) in [6, 6.07) is 5.31. The highest BCUT2D eigenvalue weighted by Crippen LogP contribution is 2.16. The SMILES string of the molecule is O=C(O)c1cccc(S(=O)(=O)NCCC2CCCCO2)c1. The minimum Gasteiger partial charge on any atom is -0.478 e. The van der Waals surface area contributed by atoms with Crippen molar-refractivity contribution >= 4 is 16.0 Å². The molecule has 2 rings (SSSR count). The zero-order chi connectivity index (χ0) is 15.3. The van der Waals surface area contributed by atoms with Crippen molar-refractivity contribution in [2.75, 3.05) is 13.2 Å². The molecule has 21 heavy (non-hydrogen) atoms. The van der Waals surface area contributed by atoms with Gasteiger partial charge in [-0.3, -0.25) is 0 Å². The molecular weight excluding hydrogens is 294 g/mol. The highest BCUT2D eigenvalue weighted by Gasteiger charge is 2.18. The van der Waals surface area contributed by atoms with E-state index in [0.717, 1.165) is 31.9 Å². The Morgan fingerprint density at radius 3 is 2.86 bits per heavy atom. The number of rotatable bonds is 6. The fourth-order valence-corrected chi connectivity index (χ4v) is 3.36. The van der Waals surface area contributed by atoms with E-state index in [1.807, 2.05) is 0 Å². The normalized spacial score (nSPS) is 19.3. The number of hydrogen-bond donors (Lipinski definition) is 2. The van der Waals surface area contributed by atoms with Crippen LogP contribution in [0.2, 0.25) is 0 Å². The fraction of sp³-hybridized carbons (Fsp3) is 0.500. The molecule has 1 heterocycles. The van der Waals surface area contributed by atoms with Gasteiger partial charge in [-0.15, -0.1) is 0 Å². The molecule has 0 saturated carbocycles. The standard InChI is InChI=1S/C14H19NO5S/c16-14(17)11-4-3-6-13(10-11)21(18,19)15-8-7-12-5-1-2-9-20-12/h3-4,6,10,12,15H,1-2,5,7-9H2,(H,16,17). The maximum Gasteiger partial charge on any atom is 0.335 e. The average Bonchev–Trinajstić information content (AvgIpc) is 2.48. The topological polar surface area (TPSA) is 92.7 Å². The van der Waals surface area contributed by atoms with Crippen molar-refractivity contribution in [3.63, 3.8) is 0 Å². The molecule has 6 nitrogen and oxygen atoms in total. The van der Waals surface area contributed by atoms with E-state index in [-0.39, 0.29) is 23.1 Å². The van der Waals surface area contributed by atoms with Crippen molar-refractivity contribution in [1.29, 1.82) is 0 Å². The van der Waals surface area contributed by atoms with Crippen LogP contribution < -0.4 is 4.72 Å². The summed E-state index contributed by atoms with van der Waals surface area (Å²) in [5.74, 6) is -1.15. The summed E-state index contributed by atoms with van der Waals surface area (Å²) < 4.78 is 32.2. The van der Waals surface area contributed by atoms with Crippen LogP contribution in [-0.2, 0) is 14.8 Å². The van der Waals surface area contributed by atoms with E-state index in [4.69, 9.17) is 9.84 Å². The van der Waals surface area contributed by atoms with E-state index >= 15 is 0 Å². The first kappa shape index (κ1) is 15.9. The maximum atomic E-state index is 12.1. The highest BCUT2D eigenvalue weighted by molar-refractivity contribution is 7.89. The van der Waals surface area contributed by atoms with Crippen molar-refractivity contribution in [1.82, 2.24) is 4.72 Å². The van der Waals surface area contributed by atoms with E-state index in [1.54, 1.807) is 0 Å². The number of ether oxygens (including phenoxy) is 1. The van der Waals surface area contributed by atoms with Gasteiger partial charge in [0.15, 0.2) is 0 Å². The van der Waals surface area contributed by atoms with Crippen LogP contribution in [0, 0.1) is 0 Å². The molecule has 1 aromatic rings. The lowest BCUT2D eigenvalue weighted by Gasteiger charge is -2.22. The molecule has 116 valence electrons. The summed E-state index contributed by atoms with van der Waals surface area (Å²) in [6.07, 6.45) is 3.85. The first-order chi connectivity index (χ1) is 9.99. The van der Waals surface area contributed by atoms with Gasteiger partial charge in [0.05, 0.1) is 16.6 Å². The van der Waals surface area contributed by atoms with Gasteiger partial charge in [-0.25, -0.2) is 17.9 Å². The third-order valence-electron chi connectivity index (χ3n) is 3.42. The smallest absolute Gasteiger partial charge is 0.335 e. The molecule has 0 radical (unpaired) electrons. The summed E-state index contributed by atoms with van der Waals surface area (Å²) >= 11 is 0. The zero-order valence-corrected chi connectivity index (χ0v) is 12.4. The van der Waals surface area contributed by atoms with Gasteiger partial charge in [-0.2, -0.15) is 0 Å². The molecule has 1 aliphatic heterocycles. The number of hydrogen-bond acceptors (Lipinski definition) is 4. The van der Waals surface area contributed by atoms with Crippen molar-refractivity contribution < 1.29 is 23.1 Å². The van der Waals surface area contributed by atoms with E-state index in [1.165, 1.54) is 18.2 Å². The lowest BCUT2D eigenvalue weighted by molar-refractivity contribution is 0.0123. The number of nitrogens with one attached hydrogen (secondary N) is 1. The summed E-state index contributed by atoms with van der Waals surface area (Å²) in [4.78, 5) is 10.8. The Kier molecular flexibility index (Phi) is 5.33. The van der Waals surface area contributed by atoms with Crippen LogP contribution in [0.1, 0.15) is 36.0 Å². The summed E-state index contributed by atoms with van der Waals surface area (Å²) in [5, 5.41) is 8.89. The average molecular weight is 313 g/mol. The summed E-state index contributed by atoms with van der Waals surface area (Å²) in [6.45, 7) is 1.02. The Balaban J connectivity index is 1.94. The zero-order valence-electron chi connectivity index (χ0n) is 11.6. The number of sulfonamides is 1. The molecule has 1 saturated heterocycles. The third kappa shape index (κ3) is 4.52. The Morgan fingerprint density at radius 2 is 2.19 bits per heavy atom. The molecule has 1 unspecified atom stereocenters.